The van der Waals surface area contributed by atoms with Crippen molar-refractivity contribution in [2.24, 2.45) is 0 Å². The molecule has 1 aromatic carbocycles. The van der Waals surface area contributed by atoms with Crippen LogP contribution in [-0.2, 0) is 4.79 Å². The molecular weight excluding hydrogens is 338 g/mol. The lowest BCUT2D eigenvalue weighted by Crippen LogP contribution is -2.33. The summed E-state index contributed by atoms with van der Waals surface area (Å²) in [6.45, 7) is 4.21. The number of likely N-dealkylation sites (tertiary alicyclic amines) is 1. The topological polar surface area (TPSA) is 68.5 Å². The Morgan fingerprint density at radius 2 is 1.96 bits per heavy atom. The number of benzene rings is 1. The van der Waals surface area contributed by atoms with Gasteiger partial charge in [-0.2, -0.15) is 0 Å². The minimum atomic E-state index is 0.140. The molecule has 0 bridgehead atoms. The number of hydrogen-bond donors (Lipinski definition) is 0. The molecule has 0 radical (unpaired) electrons. The molecule has 134 valence electrons. The highest BCUT2D eigenvalue weighted by Gasteiger charge is 2.18. The zero-order valence-corrected chi connectivity index (χ0v) is 15.3. The maximum absolute atomic E-state index is 12.3. The summed E-state index contributed by atoms with van der Waals surface area (Å²) < 4.78 is 11.3. The Balaban J connectivity index is 1.61. The smallest absolute Gasteiger partial charge is 0.277 e. The van der Waals surface area contributed by atoms with Crippen LogP contribution in [0.2, 0.25) is 0 Å². The first-order valence-electron chi connectivity index (χ1n) is 8.74. The molecule has 0 N–H and O–H groups in total. The van der Waals surface area contributed by atoms with Crippen molar-refractivity contribution in [2.45, 2.75) is 37.8 Å². The van der Waals surface area contributed by atoms with Gasteiger partial charge in [0.2, 0.25) is 5.91 Å². The van der Waals surface area contributed by atoms with Crippen molar-refractivity contribution in [1.82, 2.24) is 15.1 Å². The fourth-order valence-electron chi connectivity index (χ4n) is 2.84. The SMILES string of the molecule is CCOc1ccccc1-c1nnc(SCC(=O)N2CCCCCC2)o1. The average molecular weight is 361 g/mol. The Bertz CT molecular complexity index is 696. The second-order valence-electron chi connectivity index (χ2n) is 5.89. The molecule has 1 aliphatic heterocycles. The first-order chi connectivity index (χ1) is 12.3. The predicted molar refractivity (Wildman–Crippen MR) is 96.7 cm³/mol. The predicted octanol–water partition coefficient (Wildman–Crippen LogP) is 3.63. The molecule has 2 aromatic rings. The van der Waals surface area contributed by atoms with Gasteiger partial charge in [-0.1, -0.05) is 36.7 Å². The van der Waals surface area contributed by atoms with Gasteiger partial charge >= 0.3 is 0 Å². The van der Waals surface area contributed by atoms with Gasteiger partial charge in [0.25, 0.3) is 11.1 Å². The summed E-state index contributed by atoms with van der Waals surface area (Å²) >= 11 is 1.29. The maximum Gasteiger partial charge on any atom is 0.277 e. The lowest BCUT2D eigenvalue weighted by molar-refractivity contribution is -0.128. The summed E-state index contributed by atoms with van der Waals surface area (Å²) in [7, 11) is 0. The lowest BCUT2D eigenvalue weighted by Gasteiger charge is -2.19. The number of rotatable bonds is 6. The summed E-state index contributed by atoms with van der Waals surface area (Å²) in [5.74, 6) is 1.59. The molecule has 3 rings (SSSR count). The summed E-state index contributed by atoms with van der Waals surface area (Å²) in [6.07, 6.45) is 4.61. The van der Waals surface area contributed by atoms with Crippen molar-refractivity contribution in [2.75, 3.05) is 25.4 Å². The molecule has 1 fully saturated rings. The number of thioether (sulfide) groups is 1. The van der Waals surface area contributed by atoms with Crippen LogP contribution in [0, 0.1) is 0 Å². The van der Waals surface area contributed by atoms with Crippen LogP contribution in [0.4, 0.5) is 0 Å². The Morgan fingerprint density at radius 1 is 1.20 bits per heavy atom. The van der Waals surface area contributed by atoms with Gasteiger partial charge in [-0.3, -0.25) is 4.79 Å². The van der Waals surface area contributed by atoms with Crippen molar-refractivity contribution in [3.05, 3.63) is 24.3 Å². The number of carbonyl (C=O) groups is 1. The van der Waals surface area contributed by atoms with Gasteiger partial charge in [0.1, 0.15) is 5.75 Å². The van der Waals surface area contributed by atoms with E-state index < -0.39 is 0 Å². The van der Waals surface area contributed by atoms with Gasteiger partial charge in [0.05, 0.1) is 17.9 Å². The third-order valence-corrected chi connectivity index (χ3v) is 4.90. The molecule has 0 aliphatic carbocycles. The lowest BCUT2D eigenvalue weighted by atomic mass is 10.2. The highest BCUT2D eigenvalue weighted by atomic mass is 32.2. The number of ether oxygens (including phenoxy) is 1. The van der Waals surface area contributed by atoms with Gasteiger partial charge in [0.15, 0.2) is 0 Å². The highest BCUT2D eigenvalue weighted by Crippen LogP contribution is 2.30. The van der Waals surface area contributed by atoms with Crippen LogP contribution < -0.4 is 4.74 Å². The van der Waals surface area contributed by atoms with Crippen molar-refractivity contribution in [3.8, 4) is 17.2 Å². The maximum atomic E-state index is 12.3. The van der Waals surface area contributed by atoms with E-state index in [1.807, 2.05) is 36.1 Å². The van der Waals surface area contributed by atoms with Gasteiger partial charge in [-0.05, 0) is 31.9 Å². The zero-order chi connectivity index (χ0) is 17.5. The number of amides is 1. The molecular formula is C18H23N3O3S. The molecule has 6 nitrogen and oxygen atoms in total. The molecule has 0 saturated carbocycles. The minimum absolute atomic E-state index is 0.140. The van der Waals surface area contributed by atoms with Gasteiger partial charge < -0.3 is 14.1 Å². The number of carbonyl (C=O) groups excluding carboxylic acids is 1. The normalized spacial score (nSPS) is 15.0. The number of hydrogen-bond acceptors (Lipinski definition) is 6. The first-order valence-corrected chi connectivity index (χ1v) is 9.72. The molecule has 0 unspecified atom stereocenters. The van der Waals surface area contributed by atoms with Gasteiger partial charge in [-0.15, -0.1) is 10.2 Å². The average Bonchev–Trinajstić information content (AvgIpc) is 2.93. The van der Waals surface area contributed by atoms with Crippen LogP contribution in [-0.4, -0.2) is 46.5 Å². The molecule has 1 saturated heterocycles. The van der Waals surface area contributed by atoms with Crippen LogP contribution in [0.15, 0.2) is 33.9 Å². The fraction of sp³-hybridized carbons (Fsp3) is 0.500. The molecule has 0 atom stereocenters. The van der Waals surface area contributed by atoms with Crippen molar-refractivity contribution < 1.29 is 13.9 Å². The van der Waals surface area contributed by atoms with E-state index in [1.165, 1.54) is 24.6 Å². The van der Waals surface area contributed by atoms with Crippen LogP contribution in [0.5, 0.6) is 5.75 Å². The minimum Gasteiger partial charge on any atom is -0.493 e. The van der Waals surface area contributed by atoms with E-state index in [0.29, 0.717) is 29.2 Å². The molecule has 7 heteroatoms. The standard InChI is InChI=1S/C18H23N3O3S/c1-2-23-15-10-6-5-9-14(15)17-19-20-18(24-17)25-13-16(22)21-11-7-3-4-8-12-21/h5-6,9-10H,2-4,7-8,11-13H2,1H3. The summed E-state index contributed by atoms with van der Waals surface area (Å²) in [5.41, 5.74) is 0.766. The second-order valence-corrected chi connectivity index (χ2v) is 6.81. The molecule has 0 spiro atoms. The monoisotopic (exact) mass is 361 g/mol. The highest BCUT2D eigenvalue weighted by molar-refractivity contribution is 7.99. The molecule has 1 aromatic heterocycles. The number of nitrogens with zero attached hydrogens (tertiary/aromatic N) is 3. The van der Waals surface area contributed by atoms with E-state index in [4.69, 9.17) is 9.15 Å². The Morgan fingerprint density at radius 3 is 2.72 bits per heavy atom. The van der Waals surface area contributed by atoms with Crippen molar-refractivity contribution in [1.29, 1.82) is 0 Å². The van der Waals surface area contributed by atoms with Gasteiger partial charge in [-0.25, -0.2) is 0 Å². The zero-order valence-electron chi connectivity index (χ0n) is 14.4. The van der Waals surface area contributed by atoms with Crippen LogP contribution in [0.25, 0.3) is 11.5 Å². The fourth-order valence-corrected chi connectivity index (χ4v) is 3.50. The molecule has 1 amide bonds. The molecule has 25 heavy (non-hydrogen) atoms. The van der Waals surface area contributed by atoms with E-state index in [1.54, 1.807) is 0 Å². The van der Waals surface area contributed by atoms with Crippen LogP contribution in [0.3, 0.4) is 0 Å². The van der Waals surface area contributed by atoms with E-state index in [-0.39, 0.29) is 5.91 Å². The number of aromatic nitrogens is 2. The van der Waals surface area contributed by atoms with E-state index in [0.717, 1.165) is 31.5 Å². The van der Waals surface area contributed by atoms with Gasteiger partial charge in [0, 0.05) is 13.1 Å². The second kappa shape index (κ2) is 8.89. The quantitative estimate of drug-likeness (QED) is 0.732. The Kier molecular flexibility index (Phi) is 6.33. The third kappa shape index (κ3) is 4.75. The summed E-state index contributed by atoms with van der Waals surface area (Å²) in [5, 5.41) is 8.55. The largest absolute Gasteiger partial charge is 0.493 e. The number of para-hydroxylation sites is 1. The first kappa shape index (κ1) is 17.8. The van der Waals surface area contributed by atoms with Crippen LogP contribution >= 0.6 is 11.8 Å². The van der Waals surface area contributed by atoms with Crippen molar-refractivity contribution in [3.63, 3.8) is 0 Å². The van der Waals surface area contributed by atoms with E-state index in [9.17, 15) is 4.79 Å². The Hall–Kier alpha value is -2.02. The Labute approximate surface area is 151 Å². The summed E-state index contributed by atoms with van der Waals surface area (Å²) in [4.78, 5) is 14.3. The van der Waals surface area contributed by atoms with Crippen molar-refractivity contribution >= 4 is 17.7 Å². The molecule has 2 heterocycles. The molecule has 1 aliphatic rings. The third-order valence-electron chi connectivity index (χ3n) is 4.10. The summed E-state index contributed by atoms with van der Waals surface area (Å²) in [6, 6.07) is 7.56. The van der Waals surface area contributed by atoms with Crippen LogP contribution in [0.1, 0.15) is 32.6 Å². The van der Waals surface area contributed by atoms with E-state index in [2.05, 4.69) is 10.2 Å². The van der Waals surface area contributed by atoms with E-state index >= 15 is 0 Å².